The second-order valence-corrected chi connectivity index (χ2v) is 10.9. The fraction of sp³-hybridized carbons (Fsp3) is 0.452. The predicted molar refractivity (Wildman–Crippen MR) is 157 cm³/mol. The summed E-state index contributed by atoms with van der Waals surface area (Å²) in [6, 6.07) is 12.3. The molecular formula is C31H39N7O4. The lowest BCUT2D eigenvalue weighted by Gasteiger charge is -2.37. The van der Waals surface area contributed by atoms with Gasteiger partial charge in [0, 0.05) is 44.9 Å². The van der Waals surface area contributed by atoms with Crippen molar-refractivity contribution in [1.29, 1.82) is 5.26 Å². The van der Waals surface area contributed by atoms with Crippen molar-refractivity contribution in [3.63, 3.8) is 0 Å². The number of aryl methyl sites for hydroxylation is 2. The summed E-state index contributed by atoms with van der Waals surface area (Å²) >= 11 is 0. The minimum absolute atomic E-state index is 0.0357. The number of likely N-dealkylation sites (tertiary alicyclic amines) is 1. The highest BCUT2D eigenvalue weighted by Gasteiger charge is 2.47. The number of benzene rings is 2. The maximum Gasteiger partial charge on any atom is 0.251 e. The lowest BCUT2D eigenvalue weighted by molar-refractivity contribution is -0.130. The zero-order chi connectivity index (χ0) is 30.4. The lowest BCUT2D eigenvalue weighted by Crippen LogP contribution is -2.53. The van der Waals surface area contributed by atoms with Gasteiger partial charge in [-0.2, -0.15) is 5.26 Å². The van der Waals surface area contributed by atoms with E-state index < -0.39 is 11.5 Å². The van der Waals surface area contributed by atoms with Crippen molar-refractivity contribution in [2.75, 3.05) is 34.2 Å². The standard InChI is InChI=1S/C31H39N7O4/c1-19(36-18-27(39)38-13-5-6-24(38)17-32)16-31(30(42)37-35-4)25-11-9-22(28(40)33-2)14-20(25)7-8-21-15-23(29(41)34-3)10-12-26(21)31/h9-12,14-15,19,24,35-36H,5-8,13,16,18H2,1-4H3,(H,33,40)(H,34,41)(H,37,42)/t19-,24?/m0/s1. The molecule has 0 aromatic heterocycles. The van der Waals surface area contributed by atoms with Gasteiger partial charge in [0.05, 0.1) is 12.6 Å². The highest BCUT2D eigenvalue weighted by atomic mass is 16.2. The van der Waals surface area contributed by atoms with Gasteiger partial charge >= 0.3 is 0 Å². The minimum Gasteiger partial charge on any atom is -0.355 e. The quantitative estimate of drug-likeness (QED) is 0.280. The SMILES string of the molecule is CNNC(=O)C1(C[C@H](C)NCC(=O)N2CCCC2C#N)c2ccc(C(=O)NC)cc2CCc2cc(C(=O)NC)ccc21. The number of carbonyl (C=O) groups excluding carboxylic acids is 4. The Labute approximate surface area is 246 Å². The smallest absolute Gasteiger partial charge is 0.251 e. The Kier molecular flexibility index (Phi) is 9.60. The molecule has 222 valence electrons. The van der Waals surface area contributed by atoms with E-state index in [0.717, 1.165) is 28.7 Å². The van der Waals surface area contributed by atoms with Crippen molar-refractivity contribution in [2.24, 2.45) is 0 Å². The van der Waals surface area contributed by atoms with Crippen LogP contribution in [0.5, 0.6) is 0 Å². The summed E-state index contributed by atoms with van der Waals surface area (Å²) < 4.78 is 0. The van der Waals surface area contributed by atoms with E-state index in [1.807, 2.05) is 31.2 Å². The van der Waals surface area contributed by atoms with Crippen molar-refractivity contribution >= 4 is 23.6 Å². The Balaban J connectivity index is 1.80. The van der Waals surface area contributed by atoms with Crippen LogP contribution in [-0.2, 0) is 27.8 Å². The molecule has 4 rings (SSSR count). The first-order valence-electron chi connectivity index (χ1n) is 14.3. The third kappa shape index (κ3) is 5.86. The molecule has 1 heterocycles. The van der Waals surface area contributed by atoms with Crippen LogP contribution in [0.15, 0.2) is 36.4 Å². The second kappa shape index (κ2) is 13.1. The number of hydrogen-bond donors (Lipinski definition) is 5. The molecule has 0 bridgehead atoms. The Hall–Kier alpha value is -4.27. The number of carbonyl (C=O) groups is 4. The Morgan fingerprint density at radius 3 is 2.05 bits per heavy atom. The van der Waals surface area contributed by atoms with E-state index in [2.05, 4.69) is 32.9 Å². The van der Waals surface area contributed by atoms with Crippen molar-refractivity contribution < 1.29 is 19.2 Å². The van der Waals surface area contributed by atoms with Gasteiger partial charge in [0.15, 0.2) is 0 Å². The molecule has 1 aliphatic carbocycles. The fourth-order valence-electron chi connectivity index (χ4n) is 6.29. The average molecular weight is 574 g/mol. The maximum atomic E-state index is 14.2. The number of hydrazine groups is 1. The minimum atomic E-state index is -1.22. The molecule has 1 aliphatic heterocycles. The lowest BCUT2D eigenvalue weighted by atomic mass is 9.67. The number of nitriles is 1. The van der Waals surface area contributed by atoms with E-state index >= 15 is 0 Å². The predicted octanol–water partition coefficient (Wildman–Crippen LogP) is 0.924. The van der Waals surface area contributed by atoms with Gasteiger partial charge in [-0.25, -0.2) is 5.43 Å². The molecule has 11 heteroatoms. The van der Waals surface area contributed by atoms with E-state index in [0.29, 0.717) is 36.9 Å². The van der Waals surface area contributed by atoms with Gasteiger partial charge in [0.2, 0.25) is 11.8 Å². The van der Waals surface area contributed by atoms with Crippen molar-refractivity contribution in [1.82, 2.24) is 31.7 Å². The molecule has 2 aliphatic rings. The van der Waals surface area contributed by atoms with Gasteiger partial charge in [-0.15, -0.1) is 0 Å². The van der Waals surface area contributed by atoms with Crippen molar-refractivity contribution in [3.8, 4) is 6.07 Å². The van der Waals surface area contributed by atoms with E-state index in [1.165, 1.54) is 0 Å². The van der Waals surface area contributed by atoms with Crippen LogP contribution in [0, 0.1) is 11.3 Å². The molecule has 2 aromatic carbocycles. The van der Waals surface area contributed by atoms with Crippen LogP contribution in [-0.4, -0.2) is 74.8 Å². The molecule has 0 radical (unpaired) electrons. The number of nitrogens with one attached hydrogen (secondary N) is 5. The van der Waals surface area contributed by atoms with Crippen LogP contribution in [0.1, 0.15) is 69.2 Å². The van der Waals surface area contributed by atoms with Crippen LogP contribution in [0.25, 0.3) is 0 Å². The van der Waals surface area contributed by atoms with Gasteiger partial charge < -0.3 is 20.9 Å². The zero-order valence-electron chi connectivity index (χ0n) is 24.6. The molecule has 0 spiro atoms. The maximum absolute atomic E-state index is 14.2. The van der Waals surface area contributed by atoms with Gasteiger partial charge in [0.25, 0.3) is 11.8 Å². The van der Waals surface area contributed by atoms with Gasteiger partial charge in [-0.1, -0.05) is 12.1 Å². The molecule has 1 saturated heterocycles. The largest absolute Gasteiger partial charge is 0.355 e. The fourth-order valence-corrected chi connectivity index (χ4v) is 6.29. The summed E-state index contributed by atoms with van der Waals surface area (Å²) in [5.41, 5.74) is 8.59. The third-order valence-corrected chi connectivity index (χ3v) is 8.33. The highest BCUT2D eigenvalue weighted by Crippen LogP contribution is 2.44. The van der Waals surface area contributed by atoms with Crippen LogP contribution in [0.4, 0.5) is 0 Å². The summed E-state index contributed by atoms with van der Waals surface area (Å²) in [5.74, 6) is -0.888. The topological polar surface area (TPSA) is 155 Å². The van der Waals surface area contributed by atoms with Crippen LogP contribution in [0.2, 0.25) is 0 Å². The monoisotopic (exact) mass is 573 g/mol. The Morgan fingerprint density at radius 2 is 1.55 bits per heavy atom. The van der Waals surface area contributed by atoms with E-state index in [9.17, 15) is 24.4 Å². The van der Waals surface area contributed by atoms with Gasteiger partial charge in [-0.3, -0.25) is 24.6 Å². The second-order valence-electron chi connectivity index (χ2n) is 10.9. The Bertz CT molecular complexity index is 1350. The van der Waals surface area contributed by atoms with Crippen LogP contribution >= 0.6 is 0 Å². The molecule has 2 aromatic rings. The molecule has 1 unspecified atom stereocenters. The summed E-state index contributed by atoms with van der Waals surface area (Å²) in [5, 5.41) is 18.0. The summed E-state index contributed by atoms with van der Waals surface area (Å²) in [4.78, 5) is 53.9. The number of nitrogens with zero attached hydrogens (tertiary/aromatic N) is 2. The Morgan fingerprint density at radius 1 is 0.976 bits per heavy atom. The molecule has 11 nitrogen and oxygen atoms in total. The molecule has 1 fully saturated rings. The summed E-state index contributed by atoms with van der Waals surface area (Å²) in [7, 11) is 4.77. The zero-order valence-corrected chi connectivity index (χ0v) is 24.6. The van der Waals surface area contributed by atoms with Crippen LogP contribution < -0.4 is 26.8 Å². The van der Waals surface area contributed by atoms with Crippen molar-refractivity contribution in [2.45, 2.75) is 56.5 Å². The van der Waals surface area contributed by atoms with Gasteiger partial charge in [0.1, 0.15) is 11.5 Å². The van der Waals surface area contributed by atoms with Gasteiger partial charge in [-0.05, 0) is 85.5 Å². The number of fused-ring (bicyclic) bond motifs is 2. The first-order chi connectivity index (χ1) is 20.2. The van der Waals surface area contributed by atoms with Crippen LogP contribution in [0.3, 0.4) is 0 Å². The van der Waals surface area contributed by atoms with E-state index in [4.69, 9.17) is 0 Å². The van der Waals surface area contributed by atoms with E-state index in [-0.39, 0.29) is 42.6 Å². The molecule has 42 heavy (non-hydrogen) atoms. The number of amides is 4. The first-order valence-corrected chi connectivity index (χ1v) is 14.3. The molecular weight excluding hydrogens is 534 g/mol. The first kappa shape index (κ1) is 30.7. The third-order valence-electron chi connectivity index (χ3n) is 8.33. The summed E-state index contributed by atoms with van der Waals surface area (Å²) in [6.45, 7) is 2.52. The normalized spacial score (nSPS) is 17.6. The molecule has 0 saturated carbocycles. The van der Waals surface area contributed by atoms with E-state index in [1.54, 1.807) is 38.2 Å². The highest BCUT2D eigenvalue weighted by molar-refractivity contribution is 5.97. The molecule has 2 atom stereocenters. The number of hydrogen-bond acceptors (Lipinski definition) is 7. The molecule has 4 amide bonds. The summed E-state index contributed by atoms with van der Waals surface area (Å²) in [6.07, 6.45) is 2.88. The molecule has 5 N–H and O–H groups in total. The number of rotatable bonds is 9. The van der Waals surface area contributed by atoms with Crippen molar-refractivity contribution in [3.05, 3.63) is 69.8 Å². The average Bonchev–Trinajstić information content (AvgIpc) is 3.45.